The number of likely N-dealkylation sites (tertiary alicyclic amines) is 1. The second kappa shape index (κ2) is 7.97. The van der Waals surface area contributed by atoms with E-state index in [1.54, 1.807) is 4.90 Å². The van der Waals surface area contributed by atoms with E-state index >= 15 is 0 Å². The van der Waals surface area contributed by atoms with Crippen molar-refractivity contribution in [3.8, 4) is 0 Å². The highest BCUT2D eigenvalue weighted by Crippen LogP contribution is 2.14. The van der Waals surface area contributed by atoms with E-state index in [9.17, 15) is 9.59 Å². The van der Waals surface area contributed by atoms with Crippen LogP contribution in [0.5, 0.6) is 0 Å². The zero-order valence-electron chi connectivity index (χ0n) is 14.3. The van der Waals surface area contributed by atoms with Gasteiger partial charge < -0.3 is 24.4 Å². The van der Waals surface area contributed by atoms with Crippen molar-refractivity contribution in [3.05, 3.63) is 0 Å². The maximum atomic E-state index is 12.1. The lowest BCUT2D eigenvalue weighted by Gasteiger charge is -2.22. The van der Waals surface area contributed by atoms with E-state index in [1.165, 1.54) is 0 Å². The summed E-state index contributed by atoms with van der Waals surface area (Å²) < 4.78 is 16.1. The highest BCUT2D eigenvalue weighted by molar-refractivity contribution is 5.78. The van der Waals surface area contributed by atoms with Crippen LogP contribution in [0.4, 0.5) is 4.79 Å². The van der Waals surface area contributed by atoms with E-state index in [1.807, 2.05) is 20.8 Å². The molecule has 7 nitrogen and oxygen atoms in total. The van der Waals surface area contributed by atoms with Gasteiger partial charge in [0.2, 0.25) is 5.91 Å². The van der Waals surface area contributed by atoms with Crippen molar-refractivity contribution in [1.82, 2.24) is 10.2 Å². The molecule has 2 atom stereocenters. The summed E-state index contributed by atoms with van der Waals surface area (Å²) in [7, 11) is 0. The Morgan fingerprint density at radius 3 is 2.74 bits per heavy atom. The van der Waals surface area contributed by atoms with Gasteiger partial charge in [0.15, 0.2) is 0 Å². The number of carbonyl (C=O) groups excluding carboxylic acids is 2. The van der Waals surface area contributed by atoms with Gasteiger partial charge in [0, 0.05) is 19.7 Å². The molecule has 0 radical (unpaired) electrons. The Morgan fingerprint density at radius 2 is 2.09 bits per heavy atom. The minimum absolute atomic E-state index is 0.0449. The first kappa shape index (κ1) is 18.0. The first-order chi connectivity index (χ1) is 10.8. The summed E-state index contributed by atoms with van der Waals surface area (Å²) in [5.41, 5.74) is -0.519. The molecule has 132 valence electrons. The van der Waals surface area contributed by atoms with Gasteiger partial charge in [-0.2, -0.15) is 0 Å². The van der Waals surface area contributed by atoms with Crippen molar-refractivity contribution in [2.24, 2.45) is 0 Å². The third-order valence-corrected chi connectivity index (χ3v) is 3.82. The molecule has 0 saturated carbocycles. The Labute approximate surface area is 137 Å². The van der Waals surface area contributed by atoms with Crippen LogP contribution in [0.25, 0.3) is 0 Å². The fourth-order valence-corrected chi connectivity index (χ4v) is 2.72. The summed E-state index contributed by atoms with van der Waals surface area (Å²) in [4.78, 5) is 25.6. The van der Waals surface area contributed by atoms with Gasteiger partial charge in [0.25, 0.3) is 0 Å². The highest BCUT2D eigenvalue weighted by atomic mass is 16.6. The molecule has 1 N–H and O–H groups in total. The number of hydrogen-bond acceptors (Lipinski definition) is 5. The second-order valence-electron chi connectivity index (χ2n) is 7.12. The molecule has 7 heteroatoms. The molecule has 2 aliphatic heterocycles. The molecule has 0 aliphatic carbocycles. The third-order valence-electron chi connectivity index (χ3n) is 3.82. The van der Waals surface area contributed by atoms with Crippen LogP contribution in [0, 0.1) is 0 Å². The van der Waals surface area contributed by atoms with Crippen molar-refractivity contribution in [3.63, 3.8) is 0 Å². The molecule has 23 heavy (non-hydrogen) atoms. The Kier molecular flexibility index (Phi) is 6.24. The van der Waals surface area contributed by atoms with Crippen LogP contribution in [0.3, 0.4) is 0 Å². The molecule has 2 unspecified atom stereocenters. The van der Waals surface area contributed by atoms with Crippen LogP contribution in [0.1, 0.15) is 40.0 Å². The highest BCUT2D eigenvalue weighted by Gasteiger charge is 2.29. The van der Waals surface area contributed by atoms with Gasteiger partial charge in [0.05, 0.1) is 18.8 Å². The van der Waals surface area contributed by atoms with Crippen LogP contribution in [-0.2, 0) is 19.0 Å². The normalized spacial score (nSPS) is 24.7. The van der Waals surface area contributed by atoms with E-state index < -0.39 is 11.7 Å². The molecule has 0 spiro atoms. The fourth-order valence-electron chi connectivity index (χ4n) is 2.72. The largest absolute Gasteiger partial charge is 0.444 e. The van der Waals surface area contributed by atoms with E-state index in [0.717, 1.165) is 25.9 Å². The SMILES string of the molecule is CC(C)(C)OC(=O)NC1CCN(C(=O)COCC2CCCO2)C1. The maximum absolute atomic E-state index is 12.1. The molecule has 2 heterocycles. The molecule has 0 bridgehead atoms. The number of ether oxygens (including phenoxy) is 3. The molecule has 0 aromatic rings. The summed E-state index contributed by atoms with van der Waals surface area (Å²) in [6.45, 7) is 7.92. The standard InChI is InChI=1S/C16H28N2O5/c1-16(2,3)23-15(20)17-12-6-7-18(9-12)14(19)11-21-10-13-5-4-8-22-13/h12-13H,4-11H2,1-3H3,(H,17,20). The Morgan fingerprint density at radius 1 is 1.30 bits per heavy atom. The molecule has 2 fully saturated rings. The van der Waals surface area contributed by atoms with Crippen LogP contribution >= 0.6 is 0 Å². The van der Waals surface area contributed by atoms with Crippen molar-refractivity contribution >= 4 is 12.0 Å². The minimum Gasteiger partial charge on any atom is -0.444 e. The summed E-state index contributed by atoms with van der Waals surface area (Å²) in [5.74, 6) is -0.0449. The molecule has 2 saturated heterocycles. The quantitative estimate of drug-likeness (QED) is 0.823. The third kappa shape index (κ3) is 6.35. The average Bonchev–Trinajstić information content (AvgIpc) is 3.07. The van der Waals surface area contributed by atoms with Gasteiger partial charge in [0.1, 0.15) is 12.2 Å². The lowest BCUT2D eigenvalue weighted by atomic mass is 10.2. The van der Waals surface area contributed by atoms with Crippen molar-refractivity contribution in [2.45, 2.75) is 57.8 Å². The minimum atomic E-state index is -0.519. The predicted molar refractivity (Wildman–Crippen MR) is 84.1 cm³/mol. The summed E-state index contributed by atoms with van der Waals surface area (Å²) in [6.07, 6.45) is 2.48. The summed E-state index contributed by atoms with van der Waals surface area (Å²) in [5, 5.41) is 2.81. The lowest BCUT2D eigenvalue weighted by molar-refractivity contribution is -0.136. The van der Waals surface area contributed by atoms with Crippen molar-refractivity contribution in [1.29, 1.82) is 0 Å². The number of carbonyl (C=O) groups is 2. The van der Waals surface area contributed by atoms with Gasteiger partial charge in [-0.3, -0.25) is 4.79 Å². The number of alkyl carbamates (subject to hydrolysis) is 1. The van der Waals surface area contributed by atoms with Gasteiger partial charge in [-0.25, -0.2) is 4.79 Å². The second-order valence-corrected chi connectivity index (χ2v) is 7.12. The molecule has 2 aliphatic rings. The molecule has 0 aromatic carbocycles. The first-order valence-electron chi connectivity index (χ1n) is 8.30. The maximum Gasteiger partial charge on any atom is 0.407 e. The summed E-state index contributed by atoms with van der Waals surface area (Å²) in [6, 6.07) is -0.0630. The Hall–Kier alpha value is -1.34. The van der Waals surface area contributed by atoms with Crippen LogP contribution in [0.2, 0.25) is 0 Å². The first-order valence-corrected chi connectivity index (χ1v) is 8.30. The van der Waals surface area contributed by atoms with E-state index in [0.29, 0.717) is 19.7 Å². The zero-order valence-corrected chi connectivity index (χ0v) is 14.3. The van der Waals surface area contributed by atoms with Crippen molar-refractivity contribution < 1.29 is 23.8 Å². The smallest absolute Gasteiger partial charge is 0.407 e. The number of nitrogens with one attached hydrogen (secondary N) is 1. The predicted octanol–water partition coefficient (Wildman–Crippen LogP) is 1.31. The number of amides is 2. The Balaban J connectivity index is 1.63. The monoisotopic (exact) mass is 328 g/mol. The Bertz CT molecular complexity index is 415. The van der Waals surface area contributed by atoms with E-state index in [2.05, 4.69) is 5.32 Å². The van der Waals surface area contributed by atoms with Crippen LogP contribution in [-0.4, -0.2) is 67.6 Å². The van der Waals surface area contributed by atoms with Crippen molar-refractivity contribution in [2.75, 3.05) is 32.9 Å². The van der Waals surface area contributed by atoms with E-state index in [-0.39, 0.29) is 24.7 Å². The topological polar surface area (TPSA) is 77.1 Å². The number of rotatable bonds is 5. The van der Waals surface area contributed by atoms with Gasteiger partial charge >= 0.3 is 6.09 Å². The lowest BCUT2D eigenvalue weighted by Crippen LogP contribution is -2.41. The van der Waals surface area contributed by atoms with Crippen LogP contribution in [0.15, 0.2) is 0 Å². The molecule has 2 rings (SSSR count). The van der Waals surface area contributed by atoms with Crippen LogP contribution < -0.4 is 5.32 Å². The molecular weight excluding hydrogens is 300 g/mol. The van der Waals surface area contributed by atoms with Gasteiger partial charge in [-0.05, 0) is 40.0 Å². The number of nitrogens with zero attached hydrogens (tertiary/aromatic N) is 1. The average molecular weight is 328 g/mol. The molecule has 0 aromatic heterocycles. The van der Waals surface area contributed by atoms with Gasteiger partial charge in [-0.15, -0.1) is 0 Å². The zero-order chi connectivity index (χ0) is 16.9. The van der Waals surface area contributed by atoms with E-state index in [4.69, 9.17) is 14.2 Å². The number of hydrogen-bond donors (Lipinski definition) is 1. The van der Waals surface area contributed by atoms with Gasteiger partial charge in [-0.1, -0.05) is 0 Å². The summed E-state index contributed by atoms with van der Waals surface area (Å²) >= 11 is 0. The fraction of sp³-hybridized carbons (Fsp3) is 0.875. The molecule has 2 amide bonds. The molecular formula is C16H28N2O5.